The SMILES string of the molecule is Cn1c(C2CCCC2)nc2ccnc(C(=O)CCc3ccccc3Cl)c21. The van der Waals surface area contributed by atoms with Gasteiger partial charge in [-0.05, 0) is 37.0 Å². The van der Waals surface area contributed by atoms with Crippen molar-refractivity contribution in [2.45, 2.75) is 44.4 Å². The fourth-order valence-corrected chi connectivity index (χ4v) is 4.23. The summed E-state index contributed by atoms with van der Waals surface area (Å²) in [5.74, 6) is 1.63. The number of hydrogen-bond donors (Lipinski definition) is 0. The van der Waals surface area contributed by atoms with Crippen molar-refractivity contribution < 1.29 is 4.79 Å². The van der Waals surface area contributed by atoms with Crippen LogP contribution in [0.4, 0.5) is 0 Å². The Labute approximate surface area is 158 Å². The third kappa shape index (κ3) is 3.14. The highest BCUT2D eigenvalue weighted by atomic mass is 35.5. The van der Waals surface area contributed by atoms with Crippen molar-refractivity contribution in [3.05, 3.63) is 58.6 Å². The van der Waals surface area contributed by atoms with Crippen LogP contribution in [0.1, 0.15) is 59.9 Å². The van der Waals surface area contributed by atoms with E-state index in [0.29, 0.717) is 29.5 Å². The van der Waals surface area contributed by atoms with Gasteiger partial charge in [0.1, 0.15) is 11.5 Å². The molecular weight excluding hydrogens is 346 g/mol. The van der Waals surface area contributed by atoms with Crippen LogP contribution < -0.4 is 0 Å². The number of carbonyl (C=O) groups excluding carboxylic acids is 1. The molecule has 0 N–H and O–H groups in total. The van der Waals surface area contributed by atoms with E-state index in [1.165, 1.54) is 25.7 Å². The molecule has 134 valence electrons. The van der Waals surface area contributed by atoms with Gasteiger partial charge >= 0.3 is 0 Å². The minimum Gasteiger partial charge on any atom is -0.329 e. The first-order valence-electron chi connectivity index (χ1n) is 9.23. The molecule has 4 rings (SSSR count). The van der Waals surface area contributed by atoms with Crippen LogP contribution in [0.5, 0.6) is 0 Å². The first kappa shape index (κ1) is 17.2. The Balaban J connectivity index is 1.63. The van der Waals surface area contributed by atoms with Crippen LogP contribution in [-0.2, 0) is 13.5 Å². The van der Waals surface area contributed by atoms with Crippen molar-refractivity contribution in [2.75, 3.05) is 0 Å². The average Bonchev–Trinajstić information content (AvgIpc) is 3.29. The van der Waals surface area contributed by atoms with Gasteiger partial charge in [-0.3, -0.25) is 9.78 Å². The number of fused-ring (bicyclic) bond motifs is 1. The molecular formula is C21H22ClN3O. The van der Waals surface area contributed by atoms with E-state index >= 15 is 0 Å². The summed E-state index contributed by atoms with van der Waals surface area (Å²) in [4.78, 5) is 22.1. The number of nitrogens with zero attached hydrogens (tertiary/aromatic N) is 3. The molecule has 1 fully saturated rings. The number of rotatable bonds is 5. The summed E-state index contributed by atoms with van der Waals surface area (Å²) in [5, 5.41) is 0.704. The van der Waals surface area contributed by atoms with Crippen molar-refractivity contribution >= 4 is 28.4 Å². The van der Waals surface area contributed by atoms with Crippen molar-refractivity contribution in [1.29, 1.82) is 0 Å². The Bertz CT molecular complexity index is 957. The molecule has 1 aliphatic rings. The van der Waals surface area contributed by atoms with Crippen LogP contribution in [0.2, 0.25) is 5.02 Å². The lowest BCUT2D eigenvalue weighted by Crippen LogP contribution is -2.08. The second-order valence-corrected chi connectivity index (χ2v) is 7.46. The predicted molar refractivity (Wildman–Crippen MR) is 104 cm³/mol. The van der Waals surface area contributed by atoms with Gasteiger partial charge in [0.05, 0.1) is 11.0 Å². The van der Waals surface area contributed by atoms with Crippen LogP contribution in [-0.4, -0.2) is 20.3 Å². The smallest absolute Gasteiger partial charge is 0.183 e. The first-order valence-corrected chi connectivity index (χ1v) is 9.61. The lowest BCUT2D eigenvalue weighted by atomic mass is 10.0. The number of imidazole rings is 1. The van der Waals surface area contributed by atoms with Crippen molar-refractivity contribution in [3.8, 4) is 0 Å². The molecule has 0 aliphatic heterocycles. The Morgan fingerprint density at radius 2 is 2.00 bits per heavy atom. The number of pyridine rings is 1. The quantitative estimate of drug-likeness (QED) is 0.590. The van der Waals surface area contributed by atoms with Gasteiger partial charge in [0, 0.05) is 30.6 Å². The minimum absolute atomic E-state index is 0.0384. The van der Waals surface area contributed by atoms with E-state index in [1.54, 1.807) is 6.20 Å². The Kier molecular flexibility index (Phi) is 4.77. The van der Waals surface area contributed by atoms with Crippen LogP contribution in [0.3, 0.4) is 0 Å². The Morgan fingerprint density at radius 1 is 1.23 bits per heavy atom. The van der Waals surface area contributed by atoms with Gasteiger partial charge in [0.25, 0.3) is 0 Å². The summed E-state index contributed by atoms with van der Waals surface area (Å²) in [7, 11) is 2.01. The van der Waals surface area contributed by atoms with Crippen molar-refractivity contribution in [3.63, 3.8) is 0 Å². The molecule has 3 aromatic rings. The van der Waals surface area contributed by atoms with E-state index in [2.05, 4.69) is 9.55 Å². The molecule has 0 atom stereocenters. The van der Waals surface area contributed by atoms with Gasteiger partial charge in [-0.25, -0.2) is 4.98 Å². The lowest BCUT2D eigenvalue weighted by Gasteiger charge is -2.10. The Hall–Kier alpha value is -2.20. The van der Waals surface area contributed by atoms with Crippen LogP contribution in [0.25, 0.3) is 11.0 Å². The summed E-state index contributed by atoms with van der Waals surface area (Å²) < 4.78 is 2.08. The predicted octanol–water partition coefficient (Wildman–Crippen LogP) is 5.09. The molecule has 1 aromatic carbocycles. The summed E-state index contributed by atoms with van der Waals surface area (Å²) >= 11 is 6.21. The zero-order chi connectivity index (χ0) is 18.1. The number of benzene rings is 1. The molecule has 1 saturated carbocycles. The van der Waals surface area contributed by atoms with E-state index in [-0.39, 0.29) is 5.78 Å². The van der Waals surface area contributed by atoms with E-state index in [1.807, 2.05) is 37.4 Å². The van der Waals surface area contributed by atoms with Gasteiger partial charge in [-0.15, -0.1) is 0 Å². The third-order valence-corrected chi connectivity index (χ3v) is 5.75. The highest BCUT2D eigenvalue weighted by molar-refractivity contribution is 6.31. The number of aryl methyl sites for hydroxylation is 2. The standard InChI is InChI=1S/C21H22ClN3O/c1-25-20-17(24-21(25)15-7-2-3-8-15)12-13-23-19(20)18(26)11-10-14-6-4-5-9-16(14)22/h4-6,9,12-13,15H,2-3,7-8,10-11H2,1H3. The monoisotopic (exact) mass is 367 g/mol. The van der Waals surface area contributed by atoms with Crippen molar-refractivity contribution in [2.24, 2.45) is 7.05 Å². The molecule has 0 spiro atoms. The number of hydrogen-bond acceptors (Lipinski definition) is 3. The first-order chi connectivity index (χ1) is 12.6. The van der Waals surface area contributed by atoms with E-state index in [4.69, 9.17) is 16.6 Å². The van der Waals surface area contributed by atoms with Gasteiger partial charge in [0.2, 0.25) is 0 Å². The molecule has 0 unspecified atom stereocenters. The molecule has 5 heteroatoms. The molecule has 0 radical (unpaired) electrons. The zero-order valence-corrected chi connectivity index (χ0v) is 15.7. The van der Waals surface area contributed by atoms with Crippen LogP contribution >= 0.6 is 11.6 Å². The molecule has 2 heterocycles. The molecule has 0 amide bonds. The fourth-order valence-electron chi connectivity index (χ4n) is 4.00. The maximum atomic E-state index is 12.9. The number of Topliss-reactive ketones (excluding diaryl/α,β-unsaturated/α-hetero) is 1. The number of carbonyl (C=O) groups is 1. The molecule has 0 saturated heterocycles. The highest BCUT2D eigenvalue weighted by Crippen LogP contribution is 2.35. The van der Waals surface area contributed by atoms with Crippen molar-refractivity contribution in [1.82, 2.24) is 14.5 Å². The lowest BCUT2D eigenvalue weighted by molar-refractivity contribution is 0.0979. The third-order valence-electron chi connectivity index (χ3n) is 5.38. The average molecular weight is 368 g/mol. The summed E-state index contributed by atoms with van der Waals surface area (Å²) in [5.41, 5.74) is 3.24. The van der Waals surface area contributed by atoms with Gasteiger partial charge in [-0.2, -0.15) is 0 Å². The van der Waals surface area contributed by atoms with E-state index in [9.17, 15) is 4.79 Å². The molecule has 26 heavy (non-hydrogen) atoms. The summed E-state index contributed by atoms with van der Waals surface area (Å²) in [6, 6.07) is 9.57. The number of aromatic nitrogens is 3. The van der Waals surface area contributed by atoms with E-state index in [0.717, 1.165) is 22.4 Å². The zero-order valence-electron chi connectivity index (χ0n) is 14.9. The summed E-state index contributed by atoms with van der Waals surface area (Å²) in [6.45, 7) is 0. The highest BCUT2D eigenvalue weighted by Gasteiger charge is 2.25. The second kappa shape index (κ2) is 7.20. The van der Waals surface area contributed by atoms with Crippen LogP contribution in [0.15, 0.2) is 36.5 Å². The van der Waals surface area contributed by atoms with E-state index < -0.39 is 0 Å². The minimum atomic E-state index is 0.0384. The number of ketones is 1. The molecule has 1 aliphatic carbocycles. The maximum Gasteiger partial charge on any atom is 0.183 e. The molecule has 0 bridgehead atoms. The Morgan fingerprint density at radius 3 is 2.77 bits per heavy atom. The topological polar surface area (TPSA) is 47.8 Å². The fraction of sp³-hybridized carbons (Fsp3) is 0.381. The van der Waals surface area contributed by atoms with Gasteiger partial charge < -0.3 is 4.57 Å². The number of halogens is 1. The largest absolute Gasteiger partial charge is 0.329 e. The second-order valence-electron chi connectivity index (χ2n) is 7.05. The summed E-state index contributed by atoms with van der Waals surface area (Å²) in [6.07, 6.45) is 7.58. The molecule has 4 nitrogen and oxygen atoms in total. The normalized spacial score (nSPS) is 15.0. The van der Waals surface area contributed by atoms with Gasteiger partial charge in [-0.1, -0.05) is 42.6 Å². The van der Waals surface area contributed by atoms with Gasteiger partial charge in [0.15, 0.2) is 5.78 Å². The molecule has 2 aromatic heterocycles. The van der Waals surface area contributed by atoms with Crippen LogP contribution in [0, 0.1) is 0 Å². The maximum absolute atomic E-state index is 12.9.